The number of nitrogens with two attached hydrogens (primary N) is 1. The Kier molecular flexibility index (Phi) is 6.89. The van der Waals surface area contributed by atoms with E-state index in [9.17, 15) is 9.59 Å². The molecule has 2 rings (SSSR count). The molecule has 0 saturated carbocycles. The largest absolute Gasteiger partial charge is 0.466 e. The lowest BCUT2D eigenvalue weighted by Crippen LogP contribution is -2.35. The Bertz CT molecular complexity index is 673. The lowest BCUT2D eigenvalue weighted by Gasteiger charge is -2.16. The Morgan fingerprint density at radius 2 is 2.08 bits per heavy atom. The van der Waals surface area contributed by atoms with Crippen molar-refractivity contribution in [3.8, 4) is 0 Å². The lowest BCUT2D eigenvalue weighted by atomic mass is 9.99. The van der Waals surface area contributed by atoms with E-state index in [1.165, 1.54) is 11.3 Å². The average molecular weight is 347 g/mol. The van der Waals surface area contributed by atoms with Gasteiger partial charge in [0.1, 0.15) is 10.7 Å². The van der Waals surface area contributed by atoms with Gasteiger partial charge in [-0.05, 0) is 18.9 Å². The number of thiazole rings is 1. The maximum Gasteiger partial charge on any atom is 0.311 e. The van der Waals surface area contributed by atoms with Gasteiger partial charge in [0.2, 0.25) is 0 Å². The molecule has 0 aliphatic rings. The monoisotopic (exact) mass is 347 g/mol. The zero-order valence-electron chi connectivity index (χ0n) is 13.5. The molecule has 0 bridgehead atoms. The molecule has 0 spiro atoms. The van der Waals surface area contributed by atoms with Crippen molar-refractivity contribution >= 4 is 23.2 Å². The van der Waals surface area contributed by atoms with Gasteiger partial charge in [-0.2, -0.15) is 0 Å². The summed E-state index contributed by atoms with van der Waals surface area (Å²) in [7, 11) is 0. The van der Waals surface area contributed by atoms with E-state index in [0.29, 0.717) is 30.3 Å². The van der Waals surface area contributed by atoms with Crippen molar-refractivity contribution < 1.29 is 14.3 Å². The summed E-state index contributed by atoms with van der Waals surface area (Å²) < 4.78 is 5.12. The zero-order valence-corrected chi connectivity index (χ0v) is 14.3. The molecule has 1 atom stereocenters. The third kappa shape index (κ3) is 5.14. The number of hydrogen-bond acceptors (Lipinski definition) is 6. The molecule has 0 radical (unpaired) electrons. The van der Waals surface area contributed by atoms with Gasteiger partial charge >= 0.3 is 5.97 Å². The van der Waals surface area contributed by atoms with Crippen molar-refractivity contribution in [3.05, 3.63) is 52.0 Å². The molecule has 1 heterocycles. The molecule has 0 saturated heterocycles. The van der Waals surface area contributed by atoms with Gasteiger partial charge in [-0.15, -0.1) is 11.3 Å². The van der Waals surface area contributed by atoms with Crippen molar-refractivity contribution in [3.63, 3.8) is 0 Å². The maximum atomic E-state index is 12.2. The summed E-state index contributed by atoms with van der Waals surface area (Å²) in [6, 6.07) is 9.64. The minimum Gasteiger partial charge on any atom is -0.466 e. The molecule has 6 nitrogen and oxygen atoms in total. The minimum absolute atomic E-state index is 0.196. The number of carbonyl (C=O) groups is 2. The van der Waals surface area contributed by atoms with Gasteiger partial charge in [0.25, 0.3) is 5.91 Å². The second-order valence-corrected chi connectivity index (χ2v) is 6.12. The first-order valence-electron chi connectivity index (χ1n) is 7.77. The van der Waals surface area contributed by atoms with Crippen LogP contribution < -0.4 is 11.1 Å². The Balaban J connectivity index is 1.99. The fraction of sp³-hybridized carbons (Fsp3) is 0.353. The van der Waals surface area contributed by atoms with Gasteiger partial charge in [0.05, 0.1) is 12.5 Å². The highest BCUT2D eigenvalue weighted by molar-refractivity contribution is 7.09. The number of nitrogens with zero attached hydrogens (tertiary/aromatic N) is 1. The molecule has 3 N–H and O–H groups in total. The van der Waals surface area contributed by atoms with Crippen LogP contribution in [0.25, 0.3) is 0 Å². The summed E-state index contributed by atoms with van der Waals surface area (Å²) in [6.07, 6.45) is 0.505. The molecule has 1 aromatic heterocycles. The molecule has 0 fully saturated rings. The van der Waals surface area contributed by atoms with Crippen LogP contribution in [0.1, 0.15) is 28.0 Å². The summed E-state index contributed by atoms with van der Waals surface area (Å²) in [5.41, 5.74) is 6.84. The summed E-state index contributed by atoms with van der Waals surface area (Å²) in [4.78, 5) is 28.4. The first-order chi connectivity index (χ1) is 11.6. The van der Waals surface area contributed by atoms with Crippen LogP contribution in [0.3, 0.4) is 0 Å². The smallest absolute Gasteiger partial charge is 0.311 e. The van der Waals surface area contributed by atoms with E-state index < -0.39 is 5.92 Å². The standard InChI is InChI=1S/C17H21N3O3S/c1-2-23-17(22)13(8-12-6-4-3-5-7-12)10-19-16(21)14-11-24-15(9-18)20-14/h3-7,11,13H,2,8-10,18H2,1H3,(H,19,21). The Morgan fingerprint density at radius 3 is 2.71 bits per heavy atom. The molecule has 2 aromatic rings. The van der Waals surface area contributed by atoms with Crippen LogP contribution in [-0.2, 0) is 22.5 Å². The molecule has 1 amide bonds. The minimum atomic E-state index is -0.441. The number of aromatic nitrogens is 1. The molecule has 24 heavy (non-hydrogen) atoms. The molecule has 0 aliphatic carbocycles. The van der Waals surface area contributed by atoms with Gasteiger partial charge in [-0.25, -0.2) is 4.98 Å². The summed E-state index contributed by atoms with van der Waals surface area (Å²) in [5, 5.41) is 5.12. The van der Waals surface area contributed by atoms with Crippen molar-refractivity contribution in [2.45, 2.75) is 19.9 Å². The number of nitrogens with one attached hydrogen (secondary N) is 1. The van der Waals surface area contributed by atoms with Crippen LogP contribution in [0.4, 0.5) is 0 Å². The summed E-state index contributed by atoms with van der Waals surface area (Å²) >= 11 is 1.34. The highest BCUT2D eigenvalue weighted by atomic mass is 32.1. The third-order valence-corrected chi connectivity index (χ3v) is 4.28. The van der Waals surface area contributed by atoms with Crippen LogP contribution in [0, 0.1) is 5.92 Å². The average Bonchev–Trinajstić information content (AvgIpc) is 3.08. The van der Waals surface area contributed by atoms with Gasteiger partial charge in [-0.3, -0.25) is 9.59 Å². The van der Waals surface area contributed by atoms with E-state index in [4.69, 9.17) is 10.5 Å². The number of amides is 1. The molecule has 128 valence electrons. The molecule has 7 heteroatoms. The van der Waals surface area contributed by atoms with Crippen molar-refractivity contribution in [2.24, 2.45) is 11.7 Å². The third-order valence-electron chi connectivity index (χ3n) is 3.41. The molecule has 1 aromatic carbocycles. The van der Waals surface area contributed by atoms with E-state index in [1.807, 2.05) is 30.3 Å². The topological polar surface area (TPSA) is 94.3 Å². The molecule has 0 aliphatic heterocycles. The number of benzene rings is 1. The van der Waals surface area contributed by atoms with Crippen LogP contribution in [0.5, 0.6) is 0 Å². The SMILES string of the molecule is CCOC(=O)C(CNC(=O)c1csc(CN)n1)Cc1ccccc1. The zero-order chi connectivity index (χ0) is 17.4. The van der Waals surface area contributed by atoms with Crippen molar-refractivity contribution in [2.75, 3.05) is 13.2 Å². The lowest BCUT2D eigenvalue weighted by molar-refractivity contribution is -0.147. The van der Waals surface area contributed by atoms with E-state index in [-0.39, 0.29) is 18.4 Å². The molecular weight excluding hydrogens is 326 g/mol. The predicted octanol–water partition coefficient (Wildman–Crippen LogP) is 1.75. The van der Waals surface area contributed by atoms with Crippen molar-refractivity contribution in [1.29, 1.82) is 0 Å². The van der Waals surface area contributed by atoms with Gasteiger partial charge in [-0.1, -0.05) is 30.3 Å². The Morgan fingerprint density at radius 1 is 1.33 bits per heavy atom. The number of rotatable bonds is 8. The van der Waals surface area contributed by atoms with Crippen LogP contribution in [0.2, 0.25) is 0 Å². The fourth-order valence-corrected chi connectivity index (χ4v) is 2.87. The predicted molar refractivity (Wildman–Crippen MR) is 92.6 cm³/mol. The van der Waals surface area contributed by atoms with Gasteiger partial charge < -0.3 is 15.8 Å². The summed E-state index contributed by atoms with van der Waals surface area (Å²) in [6.45, 7) is 2.57. The van der Waals surface area contributed by atoms with E-state index in [1.54, 1.807) is 12.3 Å². The van der Waals surface area contributed by atoms with Crippen LogP contribution in [0.15, 0.2) is 35.7 Å². The van der Waals surface area contributed by atoms with E-state index in [0.717, 1.165) is 5.56 Å². The number of esters is 1. The quantitative estimate of drug-likeness (QED) is 0.710. The van der Waals surface area contributed by atoms with Crippen LogP contribution in [-0.4, -0.2) is 30.0 Å². The second kappa shape index (κ2) is 9.14. The molecular formula is C17H21N3O3S. The number of ether oxygens (including phenoxy) is 1. The van der Waals surface area contributed by atoms with Crippen LogP contribution >= 0.6 is 11.3 Å². The highest BCUT2D eigenvalue weighted by Crippen LogP contribution is 2.12. The normalized spacial score (nSPS) is 11.8. The first-order valence-corrected chi connectivity index (χ1v) is 8.65. The van der Waals surface area contributed by atoms with E-state index >= 15 is 0 Å². The highest BCUT2D eigenvalue weighted by Gasteiger charge is 2.22. The Labute approximate surface area is 145 Å². The second-order valence-electron chi connectivity index (χ2n) is 5.18. The first kappa shape index (κ1) is 18.1. The van der Waals surface area contributed by atoms with Gasteiger partial charge in [0.15, 0.2) is 0 Å². The van der Waals surface area contributed by atoms with Gasteiger partial charge in [0, 0.05) is 18.5 Å². The number of carbonyl (C=O) groups excluding carboxylic acids is 2. The van der Waals surface area contributed by atoms with E-state index in [2.05, 4.69) is 10.3 Å². The molecule has 1 unspecified atom stereocenters. The Hall–Kier alpha value is -2.25. The fourth-order valence-electron chi connectivity index (χ4n) is 2.21. The number of hydrogen-bond donors (Lipinski definition) is 2. The summed E-state index contributed by atoms with van der Waals surface area (Å²) in [5.74, 6) is -1.07. The van der Waals surface area contributed by atoms with Crippen molar-refractivity contribution in [1.82, 2.24) is 10.3 Å². The maximum absolute atomic E-state index is 12.2.